The summed E-state index contributed by atoms with van der Waals surface area (Å²) in [6.45, 7) is 5.56. The molecule has 0 saturated carbocycles. The van der Waals surface area contributed by atoms with Crippen molar-refractivity contribution in [3.05, 3.63) is 59.4 Å². The fourth-order valence-corrected chi connectivity index (χ4v) is 1.99. The molecule has 0 aliphatic heterocycles. The van der Waals surface area contributed by atoms with Crippen molar-refractivity contribution in [2.24, 2.45) is 0 Å². The van der Waals surface area contributed by atoms with Gasteiger partial charge in [-0.25, -0.2) is 4.39 Å². The van der Waals surface area contributed by atoms with Crippen LogP contribution in [0.4, 0.5) is 4.39 Å². The SMILES string of the molecule is CCCNCc1cccc(F)c1Oc1ccccc1C. The highest BCUT2D eigenvalue weighted by molar-refractivity contribution is 5.41. The molecule has 0 spiro atoms. The molecule has 106 valence electrons. The molecule has 1 N–H and O–H groups in total. The Morgan fingerprint density at radius 2 is 1.90 bits per heavy atom. The summed E-state index contributed by atoms with van der Waals surface area (Å²) in [6.07, 6.45) is 1.04. The average Bonchev–Trinajstić information content (AvgIpc) is 2.44. The molecular formula is C17H20FNO. The second-order valence-corrected chi connectivity index (χ2v) is 4.77. The summed E-state index contributed by atoms with van der Waals surface area (Å²) < 4.78 is 19.8. The van der Waals surface area contributed by atoms with Gasteiger partial charge in [-0.05, 0) is 37.6 Å². The number of nitrogens with one attached hydrogen (secondary N) is 1. The Bertz CT molecular complexity index is 569. The number of benzene rings is 2. The fraction of sp³-hybridized carbons (Fsp3) is 0.294. The normalized spacial score (nSPS) is 10.6. The third-order valence-corrected chi connectivity index (χ3v) is 3.10. The van der Waals surface area contributed by atoms with Gasteiger partial charge in [-0.15, -0.1) is 0 Å². The van der Waals surface area contributed by atoms with Gasteiger partial charge in [-0.2, -0.15) is 0 Å². The van der Waals surface area contributed by atoms with E-state index in [1.165, 1.54) is 6.07 Å². The van der Waals surface area contributed by atoms with E-state index < -0.39 is 0 Å². The molecule has 0 aromatic heterocycles. The summed E-state index contributed by atoms with van der Waals surface area (Å²) in [7, 11) is 0. The monoisotopic (exact) mass is 273 g/mol. The van der Waals surface area contributed by atoms with Crippen molar-refractivity contribution >= 4 is 0 Å². The van der Waals surface area contributed by atoms with E-state index >= 15 is 0 Å². The molecule has 0 amide bonds. The summed E-state index contributed by atoms with van der Waals surface area (Å²) in [4.78, 5) is 0. The third-order valence-electron chi connectivity index (χ3n) is 3.10. The summed E-state index contributed by atoms with van der Waals surface area (Å²) >= 11 is 0. The van der Waals surface area contributed by atoms with E-state index in [0.717, 1.165) is 24.1 Å². The van der Waals surface area contributed by atoms with Gasteiger partial charge in [0.15, 0.2) is 11.6 Å². The minimum absolute atomic E-state index is 0.311. The summed E-state index contributed by atoms with van der Waals surface area (Å²) in [5.74, 6) is 0.670. The highest BCUT2D eigenvalue weighted by Gasteiger charge is 2.11. The molecule has 3 heteroatoms. The van der Waals surface area contributed by atoms with Gasteiger partial charge in [0.1, 0.15) is 5.75 Å². The highest BCUT2D eigenvalue weighted by Crippen LogP contribution is 2.30. The van der Waals surface area contributed by atoms with Gasteiger partial charge >= 0.3 is 0 Å². The standard InChI is InChI=1S/C17H20FNO/c1-3-11-19-12-14-8-6-9-15(18)17(14)20-16-10-5-4-7-13(16)2/h4-10,19H,3,11-12H2,1-2H3. The van der Waals surface area contributed by atoms with Crippen LogP contribution in [0.3, 0.4) is 0 Å². The van der Waals surface area contributed by atoms with Crippen LogP contribution in [0, 0.1) is 12.7 Å². The van der Waals surface area contributed by atoms with E-state index in [1.807, 2.05) is 37.3 Å². The molecule has 0 saturated heterocycles. The highest BCUT2D eigenvalue weighted by atomic mass is 19.1. The Hall–Kier alpha value is -1.87. The molecule has 2 aromatic carbocycles. The first-order chi connectivity index (χ1) is 9.72. The smallest absolute Gasteiger partial charge is 0.167 e. The second kappa shape index (κ2) is 7.06. The van der Waals surface area contributed by atoms with Crippen molar-refractivity contribution < 1.29 is 9.13 Å². The first-order valence-electron chi connectivity index (χ1n) is 6.94. The van der Waals surface area contributed by atoms with Gasteiger partial charge < -0.3 is 10.1 Å². The molecule has 0 radical (unpaired) electrons. The number of ether oxygens (including phenoxy) is 1. The average molecular weight is 273 g/mol. The van der Waals surface area contributed by atoms with Crippen molar-refractivity contribution in [3.63, 3.8) is 0 Å². The van der Waals surface area contributed by atoms with Crippen molar-refractivity contribution in [2.45, 2.75) is 26.8 Å². The third kappa shape index (κ3) is 3.58. The van der Waals surface area contributed by atoms with Crippen LogP contribution in [-0.2, 0) is 6.54 Å². The van der Waals surface area contributed by atoms with E-state index in [2.05, 4.69) is 12.2 Å². The zero-order chi connectivity index (χ0) is 14.4. The largest absolute Gasteiger partial charge is 0.454 e. The maximum absolute atomic E-state index is 14.0. The van der Waals surface area contributed by atoms with Crippen LogP contribution in [-0.4, -0.2) is 6.54 Å². The number of hydrogen-bond donors (Lipinski definition) is 1. The van der Waals surface area contributed by atoms with Gasteiger partial charge in [-0.3, -0.25) is 0 Å². The molecule has 2 nitrogen and oxygen atoms in total. The zero-order valence-electron chi connectivity index (χ0n) is 11.9. The van der Waals surface area contributed by atoms with Crippen LogP contribution in [0.25, 0.3) is 0 Å². The van der Waals surface area contributed by atoms with Crippen molar-refractivity contribution in [3.8, 4) is 11.5 Å². The van der Waals surface area contributed by atoms with Crippen LogP contribution < -0.4 is 10.1 Å². The lowest BCUT2D eigenvalue weighted by Gasteiger charge is -2.14. The van der Waals surface area contributed by atoms with Gasteiger partial charge in [0.25, 0.3) is 0 Å². The first-order valence-corrected chi connectivity index (χ1v) is 6.94. The maximum atomic E-state index is 14.0. The van der Waals surface area contributed by atoms with E-state index in [9.17, 15) is 4.39 Å². The van der Waals surface area contributed by atoms with Crippen LogP contribution in [0.15, 0.2) is 42.5 Å². The number of rotatable bonds is 6. The Labute approximate surface area is 119 Å². The molecule has 0 atom stereocenters. The van der Waals surface area contributed by atoms with Gasteiger partial charge in [0, 0.05) is 12.1 Å². The number of halogens is 1. The zero-order valence-corrected chi connectivity index (χ0v) is 11.9. The van der Waals surface area contributed by atoms with E-state index in [1.54, 1.807) is 6.07 Å². The molecule has 0 unspecified atom stereocenters. The molecule has 0 bridgehead atoms. The molecule has 0 heterocycles. The lowest BCUT2D eigenvalue weighted by Crippen LogP contribution is -2.14. The van der Waals surface area contributed by atoms with Gasteiger partial charge in [0.05, 0.1) is 0 Å². The second-order valence-electron chi connectivity index (χ2n) is 4.77. The minimum Gasteiger partial charge on any atom is -0.454 e. The van der Waals surface area contributed by atoms with E-state index in [-0.39, 0.29) is 5.82 Å². The molecular weight excluding hydrogens is 253 g/mol. The lowest BCUT2D eigenvalue weighted by molar-refractivity contribution is 0.431. The molecule has 2 aromatic rings. The van der Waals surface area contributed by atoms with Crippen LogP contribution in [0.2, 0.25) is 0 Å². The lowest BCUT2D eigenvalue weighted by atomic mass is 10.1. The van der Waals surface area contributed by atoms with Gasteiger partial charge in [0.2, 0.25) is 0 Å². The van der Waals surface area contributed by atoms with Gasteiger partial charge in [-0.1, -0.05) is 37.3 Å². The van der Waals surface area contributed by atoms with Crippen LogP contribution in [0.1, 0.15) is 24.5 Å². The molecule has 2 rings (SSSR count). The Balaban J connectivity index is 2.23. The summed E-state index contributed by atoms with van der Waals surface area (Å²) in [5.41, 5.74) is 1.82. The van der Waals surface area contributed by atoms with Crippen LogP contribution >= 0.6 is 0 Å². The molecule has 20 heavy (non-hydrogen) atoms. The predicted molar refractivity (Wildman–Crippen MR) is 79.7 cm³/mol. The first kappa shape index (κ1) is 14.5. The van der Waals surface area contributed by atoms with Crippen molar-refractivity contribution in [1.82, 2.24) is 5.32 Å². The number of para-hydroxylation sites is 2. The molecule has 0 fully saturated rings. The predicted octanol–water partition coefficient (Wildman–Crippen LogP) is 4.43. The molecule has 0 aliphatic carbocycles. The Morgan fingerprint density at radius 3 is 2.65 bits per heavy atom. The quantitative estimate of drug-likeness (QED) is 0.786. The minimum atomic E-state index is -0.330. The van der Waals surface area contributed by atoms with E-state index in [4.69, 9.17) is 4.74 Å². The van der Waals surface area contributed by atoms with Crippen LogP contribution in [0.5, 0.6) is 11.5 Å². The summed E-state index contributed by atoms with van der Waals surface area (Å²) in [5, 5.41) is 3.27. The Kier molecular flexibility index (Phi) is 5.13. The van der Waals surface area contributed by atoms with Crippen molar-refractivity contribution in [1.29, 1.82) is 0 Å². The van der Waals surface area contributed by atoms with E-state index in [0.29, 0.717) is 18.0 Å². The Morgan fingerprint density at radius 1 is 1.10 bits per heavy atom. The summed E-state index contributed by atoms with van der Waals surface area (Å²) in [6, 6.07) is 12.7. The topological polar surface area (TPSA) is 21.3 Å². The van der Waals surface area contributed by atoms with Crippen molar-refractivity contribution in [2.75, 3.05) is 6.54 Å². The fourth-order valence-electron chi connectivity index (χ4n) is 1.99. The maximum Gasteiger partial charge on any atom is 0.167 e. The molecule has 0 aliphatic rings. The number of hydrogen-bond acceptors (Lipinski definition) is 2. The number of aryl methyl sites for hydroxylation is 1.